The summed E-state index contributed by atoms with van der Waals surface area (Å²) in [7, 11) is 0. The van der Waals surface area contributed by atoms with Crippen molar-refractivity contribution in [1.82, 2.24) is 0 Å². The summed E-state index contributed by atoms with van der Waals surface area (Å²) in [5, 5.41) is 3.11. The molecule has 0 aliphatic heterocycles. The lowest BCUT2D eigenvalue weighted by Crippen LogP contribution is -2.14. The third-order valence-corrected chi connectivity index (χ3v) is 4.12. The first-order valence-corrected chi connectivity index (χ1v) is 7.56. The Hall–Kier alpha value is -1.72. The number of hydrogen-bond donors (Lipinski definition) is 2. The summed E-state index contributed by atoms with van der Waals surface area (Å²) in [6.45, 7) is 1.67. The Morgan fingerprint density at radius 3 is 2.76 bits per heavy atom. The largest absolute Gasteiger partial charge is 0.398 e. The van der Waals surface area contributed by atoms with Crippen molar-refractivity contribution in [2.45, 2.75) is 11.8 Å². The van der Waals surface area contributed by atoms with E-state index in [0.29, 0.717) is 22.0 Å². The molecule has 2 aromatic carbocycles. The quantitative estimate of drug-likeness (QED) is 0.657. The molecule has 0 heterocycles. The molecule has 3 N–H and O–H groups in total. The summed E-state index contributed by atoms with van der Waals surface area (Å²) < 4.78 is 13.4. The number of amides is 1. The first-order chi connectivity index (χ1) is 9.95. The van der Waals surface area contributed by atoms with Gasteiger partial charge in [0.25, 0.3) is 0 Å². The van der Waals surface area contributed by atoms with Gasteiger partial charge in [-0.05, 0) is 42.8 Å². The Bertz CT molecular complexity index is 679. The average Bonchev–Trinajstić information content (AvgIpc) is 2.44. The van der Waals surface area contributed by atoms with Crippen LogP contribution in [0.15, 0.2) is 41.3 Å². The summed E-state index contributed by atoms with van der Waals surface area (Å²) in [6, 6.07) is 9.79. The maximum atomic E-state index is 13.4. The van der Waals surface area contributed by atoms with Crippen molar-refractivity contribution < 1.29 is 9.18 Å². The number of hydrogen-bond acceptors (Lipinski definition) is 3. The molecule has 0 fully saturated rings. The van der Waals surface area contributed by atoms with Crippen molar-refractivity contribution in [3.8, 4) is 0 Å². The van der Waals surface area contributed by atoms with Crippen LogP contribution in [0.2, 0.25) is 5.02 Å². The molecule has 0 unspecified atom stereocenters. The number of nitrogens with two attached hydrogens (primary N) is 1. The van der Waals surface area contributed by atoms with Crippen molar-refractivity contribution in [1.29, 1.82) is 0 Å². The summed E-state index contributed by atoms with van der Waals surface area (Å²) in [5.74, 6) is -0.350. The number of carbonyl (C=O) groups excluding carboxylic acids is 1. The smallest absolute Gasteiger partial charge is 0.234 e. The van der Waals surface area contributed by atoms with Crippen molar-refractivity contribution >= 4 is 40.6 Å². The van der Waals surface area contributed by atoms with Crippen LogP contribution in [0.5, 0.6) is 0 Å². The normalized spacial score (nSPS) is 10.4. The van der Waals surface area contributed by atoms with E-state index in [2.05, 4.69) is 5.32 Å². The topological polar surface area (TPSA) is 55.1 Å². The summed E-state index contributed by atoms with van der Waals surface area (Å²) >= 11 is 7.24. The van der Waals surface area contributed by atoms with E-state index in [0.717, 1.165) is 4.90 Å². The van der Waals surface area contributed by atoms with Crippen molar-refractivity contribution in [2.75, 3.05) is 16.8 Å². The predicted molar refractivity (Wildman–Crippen MR) is 86.4 cm³/mol. The fraction of sp³-hybridized carbons (Fsp3) is 0.133. The highest BCUT2D eigenvalue weighted by atomic mass is 35.5. The summed E-state index contributed by atoms with van der Waals surface area (Å²) in [4.78, 5) is 12.7. The van der Waals surface area contributed by atoms with E-state index < -0.39 is 0 Å². The minimum Gasteiger partial charge on any atom is -0.398 e. The van der Waals surface area contributed by atoms with E-state index in [-0.39, 0.29) is 17.5 Å². The van der Waals surface area contributed by atoms with E-state index in [1.165, 1.54) is 17.8 Å². The molecule has 110 valence electrons. The van der Waals surface area contributed by atoms with Crippen LogP contribution >= 0.6 is 23.4 Å². The predicted octanol–water partition coefficient (Wildman–Crippen LogP) is 4.10. The van der Waals surface area contributed by atoms with Gasteiger partial charge in [-0.1, -0.05) is 17.7 Å². The van der Waals surface area contributed by atoms with Gasteiger partial charge in [0.2, 0.25) is 5.91 Å². The van der Waals surface area contributed by atoms with Gasteiger partial charge in [0.05, 0.1) is 16.5 Å². The van der Waals surface area contributed by atoms with Gasteiger partial charge in [-0.2, -0.15) is 0 Å². The molecule has 0 aliphatic rings. The second-order valence-electron chi connectivity index (χ2n) is 4.48. The Morgan fingerprint density at radius 1 is 1.33 bits per heavy atom. The average molecular weight is 325 g/mol. The van der Waals surface area contributed by atoms with E-state index in [4.69, 9.17) is 17.3 Å². The van der Waals surface area contributed by atoms with Crippen LogP contribution in [0.1, 0.15) is 5.56 Å². The molecule has 1 amide bonds. The minimum absolute atomic E-state index is 0.204. The van der Waals surface area contributed by atoms with Gasteiger partial charge < -0.3 is 11.1 Å². The molecule has 0 radical (unpaired) electrons. The Morgan fingerprint density at radius 2 is 2.10 bits per heavy atom. The number of benzene rings is 2. The number of carbonyl (C=O) groups is 1. The number of halogens is 2. The van der Waals surface area contributed by atoms with Gasteiger partial charge in [-0.3, -0.25) is 4.79 Å². The fourth-order valence-electron chi connectivity index (χ4n) is 1.61. The van der Waals surface area contributed by atoms with Crippen molar-refractivity contribution in [2.24, 2.45) is 0 Å². The van der Waals surface area contributed by atoms with E-state index in [1.54, 1.807) is 37.3 Å². The van der Waals surface area contributed by atoms with Crippen molar-refractivity contribution in [3.05, 3.63) is 52.8 Å². The number of thioether (sulfide) groups is 1. The highest BCUT2D eigenvalue weighted by Crippen LogP contribution is 2.26. The molecule has 0 bridgehead atoms. The molecular weight excluding hydrogens is 311 g/mol. The molecule has 0 saturated carbocycles. The molecule has 6 heteroatoms. The van der Waals surface area contributed by atoms with Crippen LogP contribution < -0.4 is 11.1 Å². The third-order valence-electron chi connectivity index (χ3n) is 2.80. The van der Waals surface area contributed by atoms with Crippen LogP contribution in [0.4, 0.5) is 15.8 Å². The highest BCUT2D eigenvalue weighted by Gasteiger charge is 2.06. The second-order valence-corrected chi connectivity index (χ2v) is 5.94. The van der Waals surface area contributed by atoms with Crippen LogP contribution in [0, 0.1) is 12.7 Å². The van der Waals surface area contributed by atoms with Crippen LogP contribution in [-0.4, -0.2) is 11.7 Å². The van der Waals surface area contributed by atoms with Crippen molar-refractivity contribution in [3.63, 3.8) is 0 Å². The van der Waals surface area contributed by atoms with Gasteiger partial charge in [0.15, 0.2) is 0 Å². The lowest BCUT2D eigenvalue weighted by molar-refractivity contribution is -0.113. The molecule has 21 heavy (non-hydrogen) atoms. The fourth-order valence-corrected chi connectivity index (χ4v) is 2.59. The maximum absolute atomic E-state index is 13.4. The number of nitrogen functional groups attached to an aromatic ring is 1. The molecule has 0 saturated heterocycles. The molecule has 0 atom stereocenters. The molecule has 3 nitrogen and oxygen atoms in total. The van der Waals surface area contributed by atoms with Gasteiger partial charge in [0.1, 0.15) is 5.82 Å². The third kappa shape index (κ3) is 4.37. The Labute approximate surface area is 131 Å². The first-order valence-electron chi connectivity index (χ1n) is 6.19. The summed E-state index contributed by atoms with van der Waals surface area (Å²) in [5.41, 5.74) is 7.10. The number of rotatable bonds is 4. The lowest BCUT2D eigenvalue weighted by atomic mass is 10.2. The van der Waals surface area contributed by atoms with Gasteiger partial charge in [0, 0.05) is 10.6 Å². The SMILES string of the molecule is Cc1ccc(NC(=O)CSc2ccc(N)c(Cl)c2)cc1F. The zero-order valence-electron chi connectivity index (χ0n) is 11.3. The molecule has 2 aromatic rings. The Balaban J connectivity index is 1.92. The van der Waals surface area contributed by atoms with E-state index in [9.17, 15) is 9.18 Å². The summed E-state index contributed by atoms with van der Waals surface area (Å²) in [6.07, 6.45) is 0. The molecular formula is C15H14ClFN2OS. The minimum atomic E-state index is -0.342. The maximum Gasteiger partial charge on any atom is 0.234 e. The monoisotopic (exact) mass is 324 g/mol. The van der Waals surface area contributed by atoms with Gasteiger partial charge >= 0.3 is 0 Å². The van der Waals surface area contributed by atoms with Crippen LogP contribution in [0.25, 0.3) is 0 Å². The van der Waals surface area contributed by atoms with Crippen LogP contribution in [0.3, 0.4) is 0 Å². The van der Waals surface area contributed by atoms with Gasteiger partial charge in [-0.25, -0.2) is 4.39 Å². The van der Waals surface area contributed by atoms with Crippen LogP contribution in [-0.2, 0) is 4.79 Å². The zero-order valence-corrected chi connectivity index (χ0v) is 12.9. The standard InChI is InChI=1S/C15H14ClFN2OS/c1-9-2-3-10(6-13(9)17)19-15(20)8-21-11-4-5-14(18)12(16)7-11/h2-7H,8,18H2,1H3,(H,19,20). The first kappa shape index (κ1) is 15.7. The molecule has 0 aliphatic carbocycles. The highest BCUT2D eigenvalue weighted by molar-refractivity contribution is 8.00. The van der Waals surface area contributed by atoms with Gasteiger partial charge in [-0.15, -0.1) is 11.8 Å². The molecule has 0 spiro atoms. The second kappa shape index (κ2) is 6.83. The van der Waals surface area contributed by atoms with E-state index in [1.807, 2.05) is 0 Å². The molecule has 2 rings (SSSR count). The zero-order chi connectivity index (χ0) is 15.4. The lowest BCUT2D eigenvalue weighted by Gasteiger charge is -2.07. The number of aryl methyl sites for hydroxylation is 1. The Kier molecular flexibility index (Phi) is 5.09. The van der Waals surface area contributed by atoms with E-state index >= 15 is 0 Å². The number of nitrogens with one attached hydrogen (secondary N) is 1. The number of anilines is 2. The molecule has 0 aromatic heterocycles.